The summed E-state index contributed by atoms with van der Waals surface area (Å²) >= 11 is 0. The van der Waals surface area contributed by atoms with Crippen LogP contribution in [0.25, 0.3) is 0 Å². The van der Waals surface area contributed by atoms with Gasteiger partial charge in [-0.15, -0.1) is 0 Å². The first-order valence-electron chi connectivity index (χ1n) is 5.68. The lowest BCUT2D eigenvalue weighted by atomic mass is 10.1. The summed E-state index contributed by atoms with van der Waals surface area (Å²) in [6.45, 7) is 2.93. The van der Waals surface area contributed by atoms with Crippen LogP contribution in [0.5, 0.6) is 0 Å². The summed E-state index contributed by atoms with van der Waals surface area (Å²) in [7, 11) is 0. The lowest BCUT2D eigenvalue weighted by Gasteiger charge is -2.32. The molecule has 3 nitrogen and oxygen atoms in total. The average Bonchev–Trinajstić information content (AvgIpc) is 2.35. The zero-order chi connectivity index (χ0) is 12.1. The first kappa shape index (κ1) is 11.5. The Morgan fingerprint density at radius 2 is 2.12 bits per heavy atom. The standard InChI is InChI=1S/C14H16N2O/c1-12-6-5-9-14(10-15-17)16(12)11-13-7-3-2-4-8-13/h2-10,12,17H,11H2,1H3/b15-10+. The predicted molar refractivity (Wildman–Crippen MR) is 68.9 cm³/mol. The highest BCUT2D eigenvalue weighted by atomic mass is 16.4. The van der Waals surface area contributed by atoms with E-state index in [1.165, 1.54) is 11.8 Å². The minimum Gasteiger partial charge on any atom is -0.411 e. The van der Waals surface area contributed by atoms with Crippen LogP contribution in [0.15, 0.2) is 59.4 Å². The molecular formula is C14H16N2O. The molecule has 1 aromatic carbocycles. The molecule has 0 spiro atoms. The highest BCUT2D eigenvalue weighted by molar-refractivity contribution is 5.78. The molecule has 0 radical (unpaired) electrons. The number of hydrogen-bond acceptors (Lipinski definition) is 3. The fraction of sp³-hybridized carbons (Fsp3) is 0.214. The van der Waals surface area contributed by atoms with E-state index in [4.69, 9.17) is 5.21 Å². The van der Waals surface area contributed by atoms with Crippen molar-refractivity contribution in [2.24, 2.45) is 5.16 Å². The van der Waals surface area contributed by atoms with Crippen molar-refractivity contribution in [3.8, 4) is 0 Å². The molecule has 1 unspecified atom stereocenters. The van der Waals surface area contributed by atoms with Gasteiger partial charge >= 0.3 is 0 Å². The van der Waals surface area contributed by atoms with Crippen LogP contribution in [-0.2, 0) is 6.54 Å². The lowest BCUT2D eigenvalue weighted by molar-refractivity contribution is 0.299. The number of allylic oxidation sites excluding steroid dienone is 3. The van der Waals surface area contributed by atoms with Gasteiger partial charge in [0.15, 0.2) is 0 Å². The number of hydrogen-bond donors (Lipinski definition) is 1. The molecule has 1 heterocycles. The van der Waals surface area contributed by atoms with Crippen molar-refractivity contribution in [1.82, 2.24) is 4.90 Å². The Morgan fingerprint density at radius 3 is 2.82 bits per heavy atom. The van der Waals surface area contributed by atoms with Gasteiger partial charge in [0.25, 0.3) is 0 Å². The largest absolute Gasteiger partial charge is 0.411 e. The fourth-order valence-corrected chi connectivity index (χ4v) is 1.94. The van der Waals surface area contributed by atoms with E-state index in [1.54, 1.807) is 0 Å². The van der Waals surface area contributed by atoms with Crippen molar-refractivity contribution in [1.29, 1.82) is 0 Å². The van der Waals surface area contributed by atoms with E-state index in [0.717, 1.165) is 12.2 Å². The smallest absolute Gasteiger partial charge is 0.0895 e. The van der Waals surface area contributed by atoms with Crippen LogP contribution in [0.3, 0.4) is 0 Å². The third-order valence-electron chi connectivity index (χ3n) is 2.87. The SMILES string of the molecule is CC1C=CC=C(/C=N/O)N1Cc1ccccc1. The number of benzene rings is 1. The maximum absolute atomic E-state index is 8.67. The van der Waals surface area contributed by atoms with Gasteiger partial charge in [-0.05, 0) is 18.6 Å². The molecular weight excluding hydrogens is 212 g/mol. The number of rotatable bonds is 3. The maximum Gasteiger partial charge on any atom is 0.0895 e. The summed E-state index contributed by atoms with van der Waals surface area (Å²) in [5, 5.41) is 11.8. The molecule has 1 aromatic rings. The Labute approximate surface area is 101 Å². The molecule has 0 saturated carbocycles. The minimum atomic E-state index is 0.299. The third kappa shape index (κ3) is 2.75. The van der Waals surface area contributed by atoms with Crippen LogP contribution in [0, 0.1) is 0 Å². The second-order valence-corrected chi connectivity index (χ2v) is 4.08. The molecule has 1 atom stereocenters. The third-order valence-corrected chi connectivity index (χ3v) is 2.87. The van der Waals surface area contributed by atoms with Crippen molar-refractivity contribution >= 4 is 6.21 Å². The second kappa shape index (κ2) is 5.34. The van der Waals surface area contributed by atoms with Gasteiger partial charge in [-0.25, -0.2) is 0 Å². The molecule has 0 bridgehead atoms. The predicted octanol–water partition coefficient (Wildman–Crippen LogP) is 2.79. The van der Waals surface area contributed by atoms with Crippen LogP contribution in [0.2, 0.25) is 0 Å². The van der Waals surface area contributed by atoms with Crippen LogP contribution >= 0.6 is 0 Å². The van der Waals surface area contributed by atoms with Crippen LogP contribution in [0.4, 0.5) is 0 Å². The van der Waals surface area contributed by atoms with Crippen molar-refractivity contribution in [3.63, 3.8) is 0 Å². The van der Waals surface area contributed by atoms with Gasteiger partial charge in [-0.2, -0.15) is 0 Å². The first-order chi connectivity index (χ1) is 8.31. The fourth-order valence-electron chi connectivity index (χ4n) is 1.94. The van der Waals surface area contributed by atoms with E-state index in [2.05, 4.69) is 35.2 Å². The summed E-state index contributed by atoms with van der Waals surface area (Å²) in [6.07, 6.45) is 7.53. The highest BCUT2D eigenvalue weighted by Crippen LogP contribution is 2.18. The summed E-state index contributed by atoms with van der Waals surface area (Å²) in [5.41, 5.74) is 2.17. The number of oxime groups is 1. The molecule has 1 aliphatic rings. The molecule has 17 heavy (non-hydrogen) atoms. The Hall–Kier alpha value is -2.03. The van der Waals surface area contributed by atoms with Gasteiger partial charge in [0.05, 0.1) is 11.9 Å². The molecule has 3 heteroatoms. The van der Waals surface area contributed by atoms with Crippen LogP contribution < -0.4 is 0 Å². The molecule has 0 amide bonds. The molecule has 1 aliphatic heterocycles. The molecule has 2 rings (SSSR count). The van der Waals surface area contributed by atoms with E-state index >= 15 is 0 Å². The summed E-state index contributed by atoms with van der Waals surface area (Å²) in [5.74, 6) is 0. The van der Waals surface area contributed by atoms with E-state index in [9.17, 15) is 0 Å². The molecule has 0 aromatic heterocycles. The van der Waals surface area contributed by atoms with Gasteiger partial charge in [-0.1, -0.05) is 47.6 Å². The summed E-state index contributed by atoms with van der Waals surface area (Å²) in [4.78, 5) is 2.19. The molecule has 0 aliphatic carbocycles. The van der Waals surface area contributed by atoms with Crippen molar-refractivity contribution in [2.45, 2.75) is 19.5 Å². The Balaban J connectivity index is 2.18. The zero-order valence-electron chi connectivity index (χ0n) is 9.82. The molecule has 88 valence electrons. The maximum atomic E-state index is 8.67. The van der Waals surface area contributed by atoms with Gasteiger partial charge < -0.3 is 10.1 Å². The normalized spacial score (nSPS) is 19.7. The topological polar surface area (TPSA) is 35.8 Å². The number of nitrogens with zero attached hydrogens (tertiary/aromatic N) is 2. The van der Waals surface area contributed by atoms with Crippen LogP contribution in [-0.4, -0.2) is 22.4 Å². The Bertz CT molecular complexity index is 449. The quantitative estimate of drug-likeness (QED) is 0.490. The highest BCUT2D eigenvalue weighted by Gasteiger charge is 2.16. The van der Waals surface area contributed by atoms with Gasteiger partial charge in [0, 0.05) is 12.6 Å². The summed E-state index contributed by atoms with van der Waals surface area (Å²) in [6, 6.07) is 10.6. The van der Waals surface area contributed by atoms with Gasteiger partial charge in [-0.3, -0.25) is 0 Å². The zero-order valence-corrected chi connectivity index (χ0v) is 9.82. The average molecular weight is 228 g/mol. The first-order valence-corrected chi connectivity index (χ1v) is 5.68. The van der Waals surface area contributed by atoms with Crippen molar-refractivity contribution in [2.75, 3.05) is 0 Å². The molecule has 0 saturated heterocycles. The molecule has 1 N–H and O–H groups in total. The van der Waals surface area contributed by atoms with E-state index < -0.39 is 0 Å². The van der Waals surface area contributed by atoms with Crippen LogP contribution in [0.1, 0.15) is 12.5 Å². The van der Waals surface area contributed by atoms with E-state index in [-0.39, 0.29) is 0 Å². The molecule has 0 fully saturated rings. The Morgan fingerprint density at radius 1 is 1.35 bits per heavy atom. The van der Waals surface area contributed by atoms with Crippen molar-refractivity contribution in [3.05, 3.63) is 59.8 Å². The monoisotopic (exact) mass is 228 g/mol. The second-order valence-electron chi connectivity index (χ2n) is 4.08. The summed E-state index contributed by atoms with van der Waals surface area (Å²) < 4.78 is 0. The van der Waals surface area contributed by atoms with Crippen molar-refractivity contribution < 1.29 is 5.21 Å². The lowest BCUT2D eigenvalue weighted by Crippen LogP contribution is -2.32. The van der Waals surface area contributed by atoms with E-state index in [1.807, 2.05) is 30.4 Å². The Kier molecular flexibility index (Phi) is 3.60. The minimum absolute atomic E-state index is 0.299. The van der Waals surface area contributed by atoms with Gasteiger partial charge in [0.1, 0.15) is 0 Å². The van der Waals surface area contributed by atoms with Gasteiger partial charge in [0.2, 0.25) is 0 Å². The van der Waals surface area contributed by atoms with E-state index in [0.29, 0.717) is 6.04 Å².